The van der Waals surface area contributed by atoms with Crippen molar-refractivity contribution in [2.75, 3.05) is 6.61 Å². The Labute approximate surface area is 185 Å². The average molecular weight is 447 g/mol. The van der Waals surface area contributed by atoms with E-state index in [1.54, 1.807) is 0 Å². The van der Waals surface area contributed by atoms with Gasteiger partial charge in [0.1, 0.15) is 0 Å². The topological polar surface area (TPSA) is 35.5 Å². The summed E-state index contributed by atoms with van der Waals surface area (Å²) in [6.45, 7) is 17.1. The highest BCUT2D eigenvalue weighted by molar-refractivity contribution is 6.70. The highest BCUT2D eigenvalue weighted by Gasteiger charge is 2.60. The van der Waals surface area contributed by atoms with Crippen molar-refractivity contribution in [2.45, 2.75) is 90.8 Å². The van der Waals surface area contributed by atoms with E-state index in [1.807, 2.05) is 12.2 Å². The van der Waals surface area contributed by atoms with E-state index in [0.717, 1.165) is 24.9 Å². The minimum atomic E-state index is -1.64. The number of hydrogen-bond acceptors (Lipinski definition) is 3. The second-order valence-corrected chi connectivity index (χ2v) is 21.6. The Morgan fingerprint density at radius 2 is 1.73 bits per heavy atom. The lowest BCUT2D eigenvalue weighted by Crippen LogP contribution is -2.54. The molecule has 0 aliphatic heterocycles. The molecule has 168 valence electrons. The molecule has 3 fully saturated rings. The smallest absolute Gasteiger partial charge is 0.184 e. The molecule has 3 saturated carbocycles. The molecule has 4 aliphatic carbocycles. The number of fused-ring (bicyclic) bond motifs is 5. The number of hydrogen-bond donors (Lipinski definition) is 0. The first-order valence-electron chi connectivity index (χ1n) is 12.1. The number of carbonyl (C=O) groups is 1. The molecule has 0 N–H and O–H groups in total. The van der Waals surface area contributed by atoms with Crippen molar-refractivity contribution < 1.29 is 13.6 Å². The Bertz CT molecular complexity index is 759. The summed E-state index contributed by atoms with van der Waals surface area (Å²) in [6, 6.07) is 0. The Morgan fingerprint density at radius 3 is 2.40 bits per heavy atom. The maximum Gasteiger partial charge on any atom is 0.184 e. The van der Waals surface area contributed by atoms with Gasteiger partial charge in [-0.25, -0.2) is 0 Å². The van der Waals surface area contributed by atoms with Crippen molar-refractivity contribution in [3.63, 3.8) is 0 Å². The van der Waals surface area contributed by atoms with Gasteiger partial charge in [-0.3, -0.25) is 4.79 Å². The van der Waals surface area contributed by atoms with Gasteiger partial charge in [0, 0.05) is 12.0 Å². The zero-order valence-electron chi connectivity index (χ0n) is 20.2. The maximum atomic E-state index is 12.2. The molecule has 6 atom stereocenters. The highest BCUT2D eigenvalue weighted by atomic mass is 28.4. The molecule has 0 bridgehead atoms. The molecule has 0 saturated heterocycles. The second-order valence-electron chi connectivity index (χ2n) is 12.6. The second kappa shape index (κ2) is 7.53. The van der Waals surface area contributed by atoms with Gasteiger partial charge < -0.3 is 8.85 Å². The van der Waals surface area contributed by atoms with Crippen LogP contribution in [-0.4, -0.2) is 35.1 Å². The minimum absolute atomic E-state index is 0.0594. The van der Waals surface area contributed by atoms with Crippen molar-refractivity contribution in [1.29, 1.82) is 0 Å². The van der Waals surface area contributed by atoms with Crippen LogP contribution in [-0.2, 0) is 13.6 Å². The highest BCUT2D eigenvalue weighted by Crippen LogP contribution is 2.65. The lowest BCUT2D eigenvalue weighted by Gasteiger charge is -2.58. The summed E-state index contributed by atoms with van der Waals surface area (Å²) in [6.07, 6.45) is 13.8. The predicted molar refractivity (Wildman–Crippen MR) is 128 cm³/mol. The molecule has 30 heavy (non-hydrogen) atoms. The van der Waals surface area contributed by atoms with Crippen molar-refractivity contribution in [2.24, 2.45) is 28.6 Å². The third-order valence-electron chi connectivity index (χ3n) is 8.46. The van der Waals surface area contributed by atoms with Crippen LogP contribution in [0.25, 0.3) is 0 Å². The summed E-state index contributed by atoms with van der Waals surface area (Å²) < 4.78 is 13.3. The summed E-state index contributed by atoms with van der Waals surface area (Å²) in [5.41, 5.74) is 1.61. The fraction of sp³-hybridized carbons (Fsp3) is 0.800. The molecular formula is C25H42O3Si2. The summed E-state index contributed by atoms with van der Waals surface area (Å²) in [4.78, 5) is 12.2. The van der Waals surface area contributed by atoms with Gasteiger partial charge in [0.2, 0.25) is 0 Å². The first kappa shape index (κ1) is 22.7. The molecule has 0 aromatic carbocycles. The Morgan fingerprint density at radius 1 is 1.00 bits per heavy atom. The summed E-state index contributed by atoms with van der Waals surface area (Å²) >= 11 is 0. The van der Waals surface area contributed by atoms with E-state index in [0.29, 0.717) is 17.4 Å². The van der Waals surface area contributed by atoms with Crippen LogP contribution in [0.15, 0.2) is 23.8 Å². The van der Waals surface area contributed by atoms with Crippen molar-refractivity contribution >= 4 is 22.4 Å². The normalized spacial score (nSPS) is 41.2. The lowest BCUT2D eigenvalue weighted by molar-refractivity contribution is -0.111. The van der Waals surface area contributed by atoms with Crippen LogP contribution in [0.3, 0.4) is 0 Å². The van der Waals surface area contributed by atoms with Crippen molar-refractivity contribution in [3.8, 4) is 0 Å². The SMILES string of the molecule is C[C@]12CC[C@H]3[C@@H](CCC4=CC(=O)C=C[C@@]43CO[Si](C)(C)C)[C@@H]1CC[C@@H]2O[Si](C)(C)C. The summed E-state index contributed by atoms with van der Waals surface area (Å²) in [5, 5.41) is 0. The van der Waals surface area contributed by atoms with E-state index in [1.165, 1.54) is 37.7 Å². The molecule has 4 rings (SSSR count). The number of allylic oxidation sites excluding steroid dienone is 2. The van der Waals surface area contributed by atoms with Gasteiger partial charge in [0.15, 0.2) is 22.4 Å². The first-order valence-corrected chi connectivity index (χ1v) is 18.9. The molecule has 0 amide bonds. The zero-order chi connectivity index (χ0) is 21.9. The van der Waals surface area contributed by atoms with E-state index >= 15 is 0 Å². The molecular weight excluding hydrogens is 404 g/mol. The molecule has 5 heteroatoms. The van der Waals surface area contributed by atoms with Crippen LogP contribution < -0.4 is 0 Å². The van der Waals surface area contributed by atoms with E-state index in [2.05, 4.69) is 52.3 Å². The van der Waals surface area contributed by atoms with Gasteiger partial charge in [0.05, 0.1) is 6.10 Å². The predicted octanol–water partition coefficient (Wildman–Crippen LogP) is 6.35. The molecule has 0 aromatic rings. The Balaban J connectivity index is 1.64. The fourth-order valence-electron chi connectivity index (χ4n) is 7.17. The van der Waals surface area contributed by atoms with Crippen LogP contribution >= 0.6 is 0 Å². The number of carbonyl (C=O) groups excluding carboxylic acids is 1. The summed E-state index contributed by atoms with van der Waals surface area (Å²) in [7, 11) is -3.18. The van der Waals surface area contributed by atoms with Crippen LogP contribution in [0.1, 0.15) is 45.4 Å². The van der Waals surface area contributed by atoms with E-state index in [9.17, 15) is 4.79 Å². The zero-order valence-corrected chi connectivity index (χ0v) is 22.2. The molecule has 3 nitrogen and oxygen atoms in total. The summed E-state index contributed by atoms with van der Waals surface area (Å²) in [5.74, 6) is 2.23. The van der Waals surface area contributed by atoms with Gasteiger partial charge in [-0.05, 0) is 113 Å². The standard InChI is InChI=1S/C25H42O3Si2/c1-24-14-13-22-20(21(24)10-11-23(24)28-30(5,6)7)9-8-18-16-19(26)12-15-25(18,22)17-27-29(2,3)4/h12,15-16,20-23H,8-11,13-14,17H2,1-7H3/t20-,21-,22-,23-,24-,25+/m0/s1. The van der Waals surface area contributed by atoms with Crippen molar-refractivity contribution in [1.82, 2.24) is 0 Å². The Kier molecular flexibility index (Phi) is 5.70. The van der Waals surface area contributed by atoms with E-state index in [4.69, 9.17) is 8.85 Å². The molecule has 0 unspecified atom stereocenters. The third kappa shape index (κ3) is 4.00. The molecule has 4 aliphatic rings. The van der Waals surface area contributed by atoms with E-state index in [-0.39, 0.29) is 11.2 Å². The molecule has 0 aromatic heterocycles. The largest absolute Gasteiger partial charge is 0.416 e. The number of rotatable bonds is 5. The van der Waals surface area contributed by atoms with Crippen LogP contribution in [0, 0.1) is 28.6 Å². The monoisotopic (exact) mass is 446 g/mol. The van der Waals surface area contributed by atoms with Crippen LogP contribution in [0.5, 0.6) is 0 Å². The van der Waals surface area contributed by atoms with Gasteiger partial charge in [0.25, 0.3) is 0 Å². The average Bonchev–Trinajstić information content (AvgIpc) is 2.94. The molecule has 0 heterocycles. The Hall–Kier alpha value is -0.496. The maximum absolute atomic E-state index is 12.2. The van der Waals surface area contributed by atoms with Gasteiger partial charge in [-0.15, -0.1) is 0 Å². The van der Waals surface area contributed by atoms with Crippen molar-refractivity contribution in [3.05, 3.63) is 23.8 Å². The van der Waals surface area contributed by atoms with E-state index < -0.39 is 16.6 Å². The van der Waals surface area contributed by atoms with Gasteiger partial charge in [-0.1, -0.05) is 18.6 Å². The quantitative estimate of drug-likeness (QED) is 0.462. The first-order chi connectivity index (χ1) is 13.8. The van der Waals surface area contributed by atoms with Gasteiger partial charge in [-0.2, -0.15) is 0 Å². The fourth-order valence-corrected chi connectivity index (χ4v) is 9.08. The molecule has 0 radical (unpaired) electrons. The minimum Gasteiger partial charge on any atom is -0.416 e. The molecule has 0 spiro atoms. The van der Waals surface area contributed by atoms with Crippen LogP contribution in [0.2, 0.25) is 39.3 Å². The van der Waals surface area contributed by atoms with Gasteiger partial charge >= 0.3 is 0 Å². The lowest BCUT2D eigenvalue weighted by atomic mass is 9.48. The number of ketones is 1. The third-order valence-corrected chi connectivity index (χ3v) is 10.5. The van der Waals surface area contributed by atoms with Crippen LogP contribution in [0.4, 0.5) is 0 Å².